The predicted molar refractivity (Wildman–Crippen MR) is 117 cm³/mol. The Labute approximate surface area is 175 Å². The maximum Gasteiger partial charge on any atom is 0.253 e. The van der Waals surface area contributed by atoms with E-state index >= 15 is 0 Å². The molecule has 0 aromatic heterocycles. The maximum atomic E-state index is 12.3. The molecule has 29 heavy (non-hydrogen) atoms. The Bertz CT molecular complexity index is 880. The first kappa shape index (κ1) is 22.2. The van der Waals surface area contributed by atoms with Crippen molar-refractivity contribution in [3.05, 3.63) is 53.1 Å². The van der Waals surface area contributed by atoms with Crippen molar-refractivity contribution in [1.29, 1.82) is 0 Å². The van der Waals surface area contributed by atoms with Crippen molar-refractivity contribution in [1.82, 2.24) is 4.90 Å². The molecule has 0 heterocycles. The van der Waals surface area contributed by atoms with Crippen LogP contribution in [0.25, 0.3) is 0 Å². The molecule has 0 aliphatic carbocycles. The minimum atomic E-state index is -0.276. The summed E-state index contributed by atoms with van der Waals surface area (Å²) in [6.45, 7) is 6.53. The number of anilines is 3. The van der Waals surface area contributed by atoms with Crippen molar-refractivity contribution >= 4 is 46.4 Å². The fourth-order valence-electron chi connectivity index (χ4n) is 2.73. The van der Waals surface area contributed by atoms with Crippen LogP contribution < -0.4 is 16.0 Å². The number of amides is 3. The Balaban J connectivity index is 1.97. The van der Waals surface area contributed by atoms with Crippen LogP contribution >= 0.6 is 11.6 Å². The lowest BCUT2D eigenvalue weighted by atomic mass is 10.1. The van der Waals surface area contributed by atoms with E-state index in [4.69, 9.17) is 11.6 Å². The molecule has 0 bridgehead atoms. The third-order valence-corrected chi connectivity index (χ3v) is 4.43. The third kappa shape index (κ3) is 6.50. The van der Waals surface area contributed by atoms with Gasteiger partial charge in [0, 0.05) is 36.3 Å². The molecule has 0 aliphatic heterocycles. The van der Waals surface area contributed by atoms with Gasteiger partial charge in [0.25, 0.3) is 5.91 Å². The molecule has 154 valence electrons. The number of hydrogen-bond acceptors (Lipinski definition) is 4. The van der Waals surface area contributed by atoms with E-state index in [1.165, 1.54) is 6.92 Å². The molecule has 0 saturated heterocycles. The van der Waals surface area contributed by atoms with Gasteiger partial charge in [-0.25, -0.2) is 0 Å². The maximum absolute atomic E-state index is 12.3. The monoisotopic (exact) mass is 416 g/mol. The first-order chi connectivity index (χ1) is 13.8. The highest BCUT2D eigenvalue weighted by Gasteiger charge is 2.12. The van der Waals surface area contributed by atoms with Crippen LogP contribution in [0.15, 0.2) is 42.5 Å². The van der Waals surface area contributed by atoms with E-state index in [1.807, 2.05) is 13.8 Å². The van der Waals surface area contributed by atoms with Crippen LogP contribution in [-0.2, 0) is 9.59 Å². The van der Waals surface area contributed by atoms with Crippen LogP contribution in [0.5, 0.6) is 0 Å². The SMILES string of the molecule is CCN(CC)C(=O)c1ccc(NC(=O)CNc2cc(Cl)ccc2NC(C)=O)cc1. The number of halogens is 1. The molecule has 0 radical (unpaired) electrons. The topological polar surface area (TPSA) is 90.5 Å². The summed E-state index contributed by atoms with van der Waals surface area (Å²) in [4.78, 5) is 37.6. The first-order valence-corrected chi connectivity index (χ1v) is 9.72. The van der Waals surface area contributed by atoms with Crippen molar-refractivity contribution in [2.24, 2.45) is 0 Å². The fraction of sp³-hybridized carbons (Fsp3) is 0.286. The van der Waals surface area contributed by atoms with Crippen LogP contribution in [0.2, 0.25) is 5.02 Å². The van der Waals surface area contributed by atoms with Gasteiger partial charge >= 0.3 is 0 Å². The Hall–Kier alpha value is -3.06. The van der Waals surface area contributed by atoms with Crippen LogP contribution in [0.1, 0.15) is 31.1 Å². The van der Waals surface area contributed by atoms with Gasteiger partial charge in [0.2, 0.25) is 11.8 Å². The molecule has 8 heteroatoms. The van der Waals surface area contributed by atoms with Gasteiger partial charge in [-0.1, -0.05) is 11.6 Å². The summed E-state index contributed by atoms with van der Waals surface area (Å²) < 4.78 is 0. The standard InChI is InChI=1S/C21H25ClN4O3/c1-4-26(5-2)21(29)15-6-9-17(10-7-15)25-20(28)13-23-19-12-16(22)8-11-18(19)24-14(3)27/h6-12,23H,4-5,13H2,1-3H3,(H,24,27)(H,25,28). The lowest BCUT2D eigenvalue weighted by Crippen LogP contribution is -2.30. The van der Waals surface area contributed by atoms with Gasteiger partial charge in [-0.2, -0.15) is 0 Å². The van der Waals surface area contributed by atoms with Crippen LogP contribution in [0.3, 0.4) is 0 Å². The molecular formula is C21H25ClN4O3. The second-order valence-corrected chi connectivity index (χ2v) is 6.76. The Morgan fingerprint density at radius 3 is 2.17 bits per heavy atom. The summed E-state index contributed by atoms with van der Waals surface area (Å²) in [7, 11) is 0. The van der Waals surface area contributed by atoms with E-state index in [9.17, 15) is 14.4 Å². The quantitative estimate of drug-likeness (QED) is 0.610. The summed E-state index contributed by atoms with van der Waals surface area (Å²) in [5, 5.41) is 8.89. The van der Waals surface area contributed by atoms with Crippen LogP contribution in [0, 0.1) is 0 Å². The van der Waals surface area contributed by atoms with Gasteiger partial charge in [0.1, 0.15) is 0 Å². The summed E-state index contributed by atoms with van der Waals surface area (Å²) in [5.74, 6) is -0.540. The Morgan fingerprint density at radius 1 is 0.931 bits per heavy atom. The van der Waals surface area contributed by atoms with Gasteiger partial charge in [-0.15, -0.1) is 0 Å². The van der Waals surface area contributed by atoms with Crippen LogP contribution in [0.4, 0.5) is 17.1 Å². The van der Waals surface area contributed by atoms with Gasteiger partial charge < -0.3 is 20.9 Å². The van der Waals surface area contributed by atoms with E-state index in [1.54, 1.807) is 47.4 Å². The fourth-order valence-corrected chi connectivity index (χ4v) is 2.90. The molecular weight excluding hydrogens is 392 g/mol. The van der Waals surface area contributed by atoms with Gasteiger partial charge in [-0.3, -0.25) is 14.4 Å². The zero-order valence-corrected chi connectivity index (χ0v) is 17.5. The largest absolute Gasteiger partial charge is 0.374 e. The second-order valence-electron chi connectivity index (χ2n) is 6.33. The normalized spacial score (nSPS) is 10.2. The highest BCUT2D eigenvalue weighted by Crippen LogP contribution is 2.25. The van der Waals surface area contributed by atoms with E-state index < -0.39 is 0 Å². The summed E-state index contributed by atoms with van der Waals surface area (Å²) >= 11 is 6.00. The first-order valence-electron chi connectivity index (χ1n) is 9.34. The van der Waals surface area contributed by atoms with Crippen molar-refractivity contribution in [2.75, 3.05) is 35.6 Å². The molecule has 0 atom stereocenters. The van der Waals surface area contributed by atoms with Gasteiger partial charge in [0.05, 0.1) is 17.9 Å². The third-order valence-electron chi connectivity index (χ3n) is 4.20. The molecule has 3 amide bonds. The second kappa shape index (κ2) is 10.5. The molecule has 2 aromatic rings. The zero-order chi connectivity index (χ0) is 21.4. The lowest BCUT2D eigenvalue weighted by molar-refractivity contribution is -0.115. The van der Waals surface area contributed by atoms with E-state index in [0.29, 0.717) is 40.7 Å². The Morgan fingerprint density at radius 2 is 1.59 bits per heavy atom. The van der Waals surface area contributed by atoms with Crippen molar-refractivity contribution in [2.45, 2.75) is 20.8 Å². The number of carbonyl (C=O) groups excluding carboxylic acids is 3. The Kier molecular flexibility index (Phi) is 8.03. The minimum absolute atomic E-state index is 0.0208. The van der Waals surface area contributed by atoms with E-state index in [0.717, 1.165) is 0 Å². The number of carbonyl (C=O) groups is 3. The molecule has 2 aromatic carbocycles. The van der Waals surface area contributed by atoms with Crippen LogP contribution in [-0.4, -0.2) is 42.3 Å². The molecule has 0 saturated carbocycles. The highest BCUT2D eigenvalue weighted by atomic mass is 35.5. The van der Waals surface area contributed by atoms with Crippen molar-refractivity contribution < 1.29 is 14.4 Å². The molecule has 3 N–H and O–H groups in total. The van der Waals surface area contributed by atoms with Gasteiger partial charge in [0.15, 0.2) is 0 Å². The van der Waals surface area contributed by atoms with E-state index in [2.05, 4.69) is 16.0 Å². The summed E-state index contributed by atoms with van der Waals surface area (Å²) in [6.07, 6.45) is 0. The molecule has 7 nitrogen and oxygen atoms in total. The number of benzene rings is 2. The smallest absolute Gasteiger partial charge is 0.253 e. The molecule has 0 aliphatic rings. The predicted octanol–water partition coefficient (Wildman–Crippen LogP) is 3.83. The number of rotatable bonds is 8. The molecule has 0 fully saturated rings. The number of hydrogen-bond donors (Lipinski definition) is 3. The highest BCUT2D eigenvalue weighted by molar-refractivity contribution is 6.31. The average molecular weight is 417 g/mol. The molecule has 0 spiro atoms. The zero-order valence-electron chi connectivity index (χ0n) is 16.7. The number of nitrogens with one attached hydrogen (secondary N) is 3. The van der Waals surface area contributed by atoms with E-state index in [-0.39, 0.29) is 24.3 Å². The summed E-state index contributed by atoms with van der Waals surface area (Å²) in [5.41, 5.74) is 2.24. The minimum Gasteiger partial charge on any atom is -0.374 e. The molecule has 2 rings (SSSR count). The lowest BCUT2D eigenvalue weighted by Gasteiger charge is -2.18. The average Bonchev–Trinajstić information content (AvgIpc) is 2.69. The van der Waals surface area contributed by atoms with Gasteiger partial charge in [-0.05, 0) is 56.3 Å². The van der Waals surface area contributed by atoms with Crippen molar-refractivity contribution in [3.8, 4) is 0 Å². The molecule has 0 unspecified atom stereocenters. The summed E-state index contributed by atoms with van der Waals surface area (Å²) in [6, 6.07) is 11.7. The number of nitrogens with zero attached hydrogens (tertiary/aromatic N) is 1. The van der Waals surface area contributed by atoms with Crippen molar-refractivity contribution in [3.63, 3.8) is 0 Å².